The fourth-order valence-electron chi connectivity index (χ4n) is 4.66. The van der Waals surface area contributed by atoms with E-state index >= 15 is 0 Å². The number of hydrogen-bond acceptors (Lipinski definition) is 8. The van der Waals surface area contributed by atoms with Gasteiger partial charge in [-0.15, -0.1) is 0 Å². The van der Waals surface area contributed by atoms with E-state index in [0.717, 1.165) is 53.7 Å². The Kier molecular flexibility index (Phi) is 7.70. The van der Waals surface area contributed by atoms with Crippen molar-refractivity contribution in [3.63, 3.8) is 0 Å². The summed E-state index contributed by atoms with van der Waals surface area (Å²) < 4.78 is 5.75. The molecule has 3 aromatic rings. The molecule has 10 nitrogen and oxygen atoms in total. The van der Waals surface area contributed by atoms with E-state index in [1.165, 1.54) is 0 Å². The maximum atomic E-state index is 12.1. The third-order valence-electron chi connectivity index (χ3n) is 6.52. The van der Waals surface area contributed by atoms with Crippen LogP contribution in [0.1, 0.15) is 30.8 Å². The number of nitrogens with zero attached hydrogens (tertiary/aromatic N) is 6. The van der Waals surface area contributed by atoms with Crippen LogP contribution in [-0.4, -0.2) is 62.4 Å². The van der Waals surface area contributed by atoms with Crippen molar-refractivity contribution in [2.75, 3.05) is 41.4 Å². The van der Waals surface area contributed by atoms with Gasteiger partial charge in [-0.25, -0.2) is 24.7 Å². The molecule has 0 bridgehead atoms. The molecule has 0 aliphatic carbocycles. The average molecular weight is 614 g/mol. The number of morpholine rings is 1. The van der Waals surface area contributed by atoms with E-state index in [9.17, 15) is 4.79 Å². The summed E-state index contributed by atoms with van der Waals surface area (Å²) in [6.07, 6.45) is 2.42. The third kappa shape index (κ3) is 5.93. The number of urea groups is 1. The highest BCUT2D eigenvalue weighted by Gasteiger charge is 2.29. The number of hydrogen-bond donors (Lipinski definition) is 2. The molecule has 2 N–H and O–H groups in total. The summed E-state index contributed by atoms with van der Waals surface area (Å²) in [4.78, 5) is 35.5. The topological polar surface area (TPSA) is 108 Å². The molecule has 1 aromatic carbocycles. The predicted molar refractivity (Wildman–Crippen MR) is 152 cm³/mol. The van der Waals surface area contributed by atoms with Crippen LogP contribution in [-0.2, 0) is 17.7 Å². The van der Waals surface area contributed by atoms with E-state index in [0.29, 0.717) is 31.3 Å². The normalized spacial score (nSPS) is 18.2. The van der Waals surface area contributed by atoms with Gasteiger partial charge in [-0.3, -0.25) is 0 Å². The number of ether oxygens (including phenoxy) is 1. The van der Waals surface area contributed by atoms with Crippen molar-refractivity contribution in [1.82, 2.24) is 25.3 Å². The summed E-state index contributed by atoms with van der Waals surface area (Å²) in [6, 6.07) is 9.67. The van der Waals surface area contributed by atoms with Crippen LogP contribution in [0.3, 0.4) is 0 Å². The van der Waals surface area contributed by atoms with Crippen molar-refractivity contribution in [2.24, 2.45) is 0 Å². The molecule has 2 amide bonds. The molecule has 0 spiro atoms. The number of carbonyl (C=O) groups is 1. The minimum Gasteiger partial charge on any atom is -0.377 e. The second kappa shape index (κ2) is 11.1. The lowest BCUT2D eigenvalue weighted by molar-refractivity contribution is 0.0984. The van der Waals surface area contributed by atoms with Crippen molar-refractivity contribution in [1.29, 1.82) is 0 Å². The first-order chi connectivity index (χ1) is 17.9. The van der Waals surface area contributed by atoms with Gasteiger partial charge < -0.3 is 25.2 Å². The number of aryl methyl sites for hydroxylation is 1. The Balaban J connectivity index is 1.47. The van der Waals surface area contributed by atoms with Gasteiger partial charge in [0, 0.05) is 54.6 Å². The summed E-state index contributed by atoms with van der Waals surface area (Å²) in [6.45, 7) is 9.71. The number of benzene rings is 1. The number of nitrogens with one attached hydrogen (secondary N) is 2. The first-order valence-corrected chi connectivity index (χ1v) is 13.7. The summed E-state index contributed by atoms with van der Waals surface area (Å²) in [5, 5.41) is 5.68. The van der Waals surface area contributed by atoms with Crippen LogP contribution in [0.5, 0.6) is 0 Å². The highest BCUT2D eigenvalue weighted by atomic mass is 127. The molecule has 5 rings (SSSR count). The highest BCUT2D eigenvalue weighted by Crippen LogP contribution is 2.33. The zero-order valence-electron chi connectivity index (χ0n) is 21.2. The van der Waals surface area contributed by atoms with Crippen molar-refractivity contribution < 1.29 is 9.53 Å². The first-order valence-electron chi connectivity index (χ1n) is 12.5. The second-order valence-electron chi connectivity index (χ2n) is 9.39. The lowest BCUT2D eigenvalue weighted by Crippen LogP contribution is -2.45. The number of alkyl halides is 1. The van der Waals surface area contributed by atoms with Gasteiger partial charge in [0.1, 0.15) is 18.0 Å². The zero-order valence-corrected chi connectivity index (χ0v) is 23.4. The largest absolute Gasteiger partial charge is 0.377 e. The lowest BCUT2D eigenvalue weighted by Gasteiger charge is -2.38. The molecule has 1 saturated heterocycles. The number of fused-ring (bicyclic) bond motifs is 1. The monoisotopic (exact) mass is 614 g/mol. The Labute approximate surface area is 230 Å². The second-order valence-corrected chi connectivity index (χ2v) is 11.3. The Morgan fingerprint density at radius 2 is 2.00 bits per heavy atom. The molecular weight excluding hydrogens is 583 g/mol. The highest BCUT2D eigenvalue weighted by molar-refractivity contribution is 14.1. The summed E-state index contributed by atoms with van der Waals surface area (Å²) >= 11 is 2.15. The molecule has 1 fully saturated rings. The number of amides is 2. The molecule has 2 atom stereocenters. The van der Waals surface area contributed by atoms with Crippen molar-refractivity contribution in [2.45, 2.75) is 43.8 Å². The minimum atomic E-state index is -0.230. The first kappa shape index (κ1) is 25.6. The summed E-state index contributed by atoms with van der Waals surface area (Å²) in [5.74, 6) is 2.58. The van der Waals surface area contributed by atoms with E-state index in [1.807, 2.05) is 44.2 Å². The third-order valence-corrected chi connectivity index (χ3v) is 6.83. The van der Waals surface area contributed by atoms with Crippen LogP contribution in [0.15, 0.2) is 36.7 Å². The molecule has 0 saturated carbocycles. The summed E-state index contributed by atoms with van der Waals surface area (Å²) in [7, 11) is 0. The Morgan fingerprint density at radius 1 is 1.19 bits per heavy atom. The van der Waals surface area contributed by atoms with Crippen molar-refractivity contribution >= 4 is 45.9 Å². The van der Waals surface area contributed by atoms with E-state index in [-0.39, 0.29) is 16.1 Å². The predicted octanol–water partition coefficient (Wildman–Crippen LogP) is 3.93. The van der Waals surface area contributed by atoms with E-state index in [2.05, 4.69) is 59.9 Å². The van der Waals surface area contributed by atoms with E-state index < -0.39 is 0 Å². The molecule has 37 heavy (non-hydrogen) atoms. The van der Waals surface area contributed by atoms with Crippen molar-refractivity contribution in [3.8, 4) is 11.4 Å². The smallest absolute Gasteiger partial charge is 0.320 e. The van der Waals surface area contributed by atoms with Crippen LogP contribution >= 0.6 is 22.6 Å². The van der Waals surface area contributed by atoms with Crippen LogP contribution in [0.2, 0.25) is 0 Å². The van der Waals surface area contributed by atoms with Gasteiger partial charge in [0.2, 0.25) is 0 Å². The number of anilines is 3. The minimum absolute atomic E-state index is 0.0380. The molecule has 0 radical (unpaired) electrons. The van der Waals surface area contributed by atoms with Crippen LogP contribution < -0.4 is 20.4 Å². The van der Waals surface area contributed by atoms with Gasteiger partial charge >= 0.3 is 6.03 Å². The van der Waals surface area contributed by atoms with Gasteiger partial charge in [-0.2, -0.15) is 0 Å². The van der Waals surface area contributed by atoms with Gasteiger partial charge in [0.15, 0.2) is 5.82 Å². The Morgan fingerprint density at radius 3 is 2.73 bits per heavy atom. The lowest BCUT2D eigenvalue weighted by atomic mass is 10.0. The fourth-order valence-corrected chi connectivity index (χ4v) is 4.95. The standard InChI is InChI=1S/C26H31IN8O2/c1-16-12-23(29-15-28-16)34-9-8-22-21(13-34)25(35-10-11-37-14-17(35)2)33-24(32-22)19-4-6-20(7-5-19)31-26(36)30-18(3)27/h4-7,12,15,17-18H,8-11,13-14H2,1-3H3,(H2,30,31,36). The fraction of sp³-hybridized carbons (Fsp3) is 0.423. The molecular formula is C26H31IN8O2. The molecule has 2 unspecified atom stereocenters. The molecule has 4 heterocycles. The van der Waals surface area contributed by atoms with Gasteiger partial charge in [-0.05, 0) is 45.0 Å². The molecule has 2 aliphatic rings. The van der Waals surface area contributed by atoms with E-state index in [4.69, 9.17) is 14.7 Å². The zero-order chi connectivity index (χ0) is 25.9. The Hall–Kier alpha value is -3.06. The molecule has 2 aromatic heterocycles. The van der Waals surface area contributed by atoms with Crippen LogP contribution in [0, 0.1) is 6.92 Å². The number of halogens is 1. The maximum Gasteiger partial charge on any atom is 0.320 e. The molecule has 2 aliphatic heterocycles. The van der Waals surface area contributed by atoms with Crippen LogP contribution in [0.4, 0.5) is 22.1 Å². The summed E-state index contributed by atoms with van der Waals surface area (Å²) in [5.41, 5.74) is 4.78. The Bertz CT molecular complexity index is 1270. The van der Waals surface area contributed by atoms with E-state index in [1.54, 1.807) is 6.33 Å². The van der Waals surface area contributed by atoms with Crippen molar-refractivity contribution in [3.05, 3.63) is 53.6 Å². The van der Waals surface area contributed by atoms with Gasteiger partial charge in [0.25, 0.3) is 0 Å². The molecule has 194 valence electrons. The quantitative estimate of drug-likeness (QED) is 0.253. The SMILES string of the molecule is Cc1cc(N2CCc3nc(-c4ccc(NC(=O)NC(C)I)cc4)nc(N4CCOCC4C)c3C2)ncn1. The number of rotatable bonds is 5. The van der Waals surface area contributed by atoms with Gasteiger partial charge in [0.05, 0.1) is 29.0 Å². The van der Waals surface area contributed by atoms with Crippen LogP contribution in [0.25, 0.3) is 11.4 Å². The number of aromatic nitrogens is 4. The molecule has 11 heteroatoms. The number of carbonyl (C=O) groups excluding carboxylic acids is 1. The van der Waals surface area contributed by atoms with Gasteiger partial charge in [-0.1, -0.05) is 22.6 Å². The average Bonchev–Trinajstić information content (AvgIpc) is 2.88. The maximum absolute atomic E-state index is 12.1.